The Morgan fingerprint density at radius 3 is 2.63 bits per heavy atom. The van der Waals surface area contributed by atoms with Crippen molar-refractivity contribution in [1.29, 1.82) is 0 Å². The molecule has 2 aromatic carbocycles. The van der Waals surface area contributed by atoms with Crippen LogP contribution in [0.15, 0.2) is 67.1 Å². The van der Waals surface area contributed by atoms with Gasteiger partial charge in [-0.05, 0) is 46.7 Å². The minimum atomic E-state index is -0.151. The van der Waals surface area contributed by atoms with Crippen LogP contribution in [0.4, 0.5) is 0 Å². The molecule has 4 aromatic rings. The van der Waals surface area contributed by atoms with Crippen LogP contribution in [0.1, 0.15) is 15.9 Å². The molecule has 1 amide bonds. The molecule has 0 aliphatic carbocycles. The normalized spacial score (nSPS) is 10.9. The lowest BCUT2D eigenvalue weighted by Crippen LogP contribution is -2.24. The van der Waals surface area contributed by atoms with Gasteiger partial charge >= 0.3 is 0 Å². The van der Waals surface area contributed by atoms with E-state index in [-0.39, 0.29) is 5.91 Å². The fourth-order valence-corrected chi connectivity index (χ4v) is 3.16. The molecule has 2 aromatic heterocycles. The summed E-state index contributed by atoms with van der Waals surface area (Å²) in [7, 11) is 3.48. The third-order valence-electron chi connectivity index (χ3n) is 4.57. The first-order chi connectivity index (χ1) is 13.2. The number of hydrogen-bond donors (Lipinski definition) is 1. The van der Waals surface area contributed by atoms with Crippen LogP contribution in [0.5, 0.6) is 5.75 Å². The average Bonchev–Trinajstić information content (AvgIpc) is 3.34. The van der Waals surface area contributed by atoms with Crippen LogP contribution < -0.4 is 10.1 Å². The van der Waals surface area contributed by atoms with Gasteiger partial charge in [-0.25, -0.2) is 0 Å². The van der Waals surface area contributed by atoms with Crippen LogP contribution in [0.25, 0.3) is 16.6 Å². The quantitative estimate of drug-likeness (QED) is 0.594. The second kappa shape index (κ2) is 6.99. The van der Waals surface area contributed by atoms with Crippen LogP contribution >= 0.6 is 0 Å². The van der Waals surface area contributed by atoms with E-state index in [1.807, 2.05) is 66.5 Å². The Kier molecular flexibility index (Phi) is 4.38. The monoisotopic (exact) mass is 360 g/mol. The molecule has 0 aliphatic heterocycles. The first-order valence-electron chi connectivity index (χ1n) is 8.66. The molecule has 2 heterocycles. The number of amides is 1. The topological polar surface area (TPSA) is 61.1 Å². The van der Waals surface area contributed by atoms with Crippen LogP contribution in [-0.2, 0) is 13.6 Å². The lowest BCUT2D eigenvalue weighted by atomic mass is 10.1. The van der Waals surface area contributed by atoms with Gasteiger partial charge in [-0.2, -0.15) is 5.10 Å². The number of nitrogens with zero attached hydrogens (tertiary/aromatic N) is 3. The summed E-state index contributed by atoms with van der Waals surface area (Å²) in [5.74, 6) is 1.42. The molecule has 0 bridgehead atoms. The number of carbonyl (C=O) groups is 1. The Bertz CT molecular complexity index is 1100. The van der Waals surface area contributed by atoms with E-state index < -0.39 is 0 Å². The van der Waals surface area contributed by atoms with Crippen molar-refractivity contribution in [3.8, 4) is 11.6 Å². The largest absolute Gasteiger partial charge is 0.497 e. The van der Waals surface area contributed by atoms with Crippen molar-refractivity contribution in [2.24, 2.45) is 7.05 Å². The summed E-state index contributed by atoms with van der Waals surface area (Å²) in [5, 5.41) is 9.43. The summed E-state index contributed by atoms with van der Waals surface area (Å²) >= 11 is 0. The Hall–Kier alpha value is -3.54. The molecule has 0 aliphatic rings. The summed E-state index contributed by atoms with van der Waals surface area (Å²) in [5.41, 5.74) is 1.58. The number of carbonyl (C=O) groups excluding carboxylic acids is 1. The third-order valence-corrected chi connectivity index (χ3v) is 4.57. The molecule has 0 radical (unpaired) electrons. The number of benzene rings is 2. The zero-order valence-electron chi connectivity index (χ0n) is 15.2. The van der Waals surface area contributed by atoms with Crippen LogP contribution in [0.2, 0.25) is 0 Å². The molecule has 4 rings (SSSR count). The van der Waals surface area contributed by atoms with Crippen molar-refractivity contribution >= 4 is 16.7 Å². The Morgan fingerprint density at radius 2 is 1.85 bits per heavy atom. The van der Waals surface area contributed by atoms with Gasteiger partial charge in [-0.3, -0.25) is 9.48 Å². The number of aromatic nitrogens is 3. The Morgan fingerprint density at radius 1 is 1.11 bits per heavy atom. The van der Waals surface area contributed by atoms with E-state index >= 15 is 0 Å². The summed E-state index contributed by atoms with van der Waals surface area (Å²) in [6, 6.07) is 15.9. The molecule has 0 atom stereocenters. The maximum Gasteiger partial charge on any atom is 0.256 e. The summed E-state index contributed by atoms with van der Waals surface area (Å²) < 4.78 is 8.83. The second-order valence-electron chi connectivity index (χ2n) is 6.33. The van der Waals surface area contributed by atoms with E-state index in [2.05, 4.69) is 16.5 Å². The van der Waals surface area contributed by atoms with Gasteiger partial charge in [0.2, 0.25) is 0 Å². The van der Waals surface area contributed by atoms with E-state index in [9.17, 15) is 4.79 Å². The molecule has 0 fully saturated rings. The van der Waals surface area contributed by atoms with E-state index in [4.69, 9.17) is 4.74 Å². The standard InChI is InChI=1S/C21H20N4O2/c1-24-21(25-9-3-4-10-25)19(14-23-24)20(26)22-13-15-5-6-17-12-18(27-2)8-7-16(17)11-15/h3-12,14H,13H2,1-2H3,(H,22,26). The van der Waals surface area contributed by atoms with E-state index in [0.717, 1.165) is 27.9 Å². The van der Waals surface area contributed by atoms with Gasteiger partial charge in [0.1, 0.15) is 17.1 Å². The molecule has 6 heteroatoms. The molecule has 0 unspecified atom stereocenters. The highest BCUT2D eigenvalue weighted by atomic mass is 16.5. The Balaban J connectivity index is 1.52. The zero-order valence-corrected chi connectivity index (χ0v) is 15.2. The second-order valence-corrected chi connectivity index (χ2v) is 6.33. The van der Waals surface area contributed by atoms with Crippen molar-refractivity contribution in [2.45, 2.75) is 6.54 Å². The highest BCUT2D eigenvalue weighted by molar-refractivity contribution is 5.97. The highest BCUT2D eigenvalue weighted by Crippen LogP contribution is 2.22. The van der Waals surface area contributed by atoms with E-state index in [1.165, 1.54) is 0 Å². The van der Waals surface area contributed by atoms with Gasteiger partial charge in [0.15, 0.2) is 0 Å². The predicted octanol–water partition coefficient (Wildman–Crippen LogP) is 3.30. The molecule has 136 valence electrons. The maximum absolute atomic E-state index is 12.7. The third kappa shape index (κ3) is 3.29. The molecule has 0 saturated carbocycles. The van der Waals surface area contributed by atoms with Crippen molar-refractivity contribution in [2.75, 3.05) is 7.11 Å². The zero-order chi connectivity index (χ0) is 18.8. The average molecular weight is 360 g/mol. The molecular weight excluding hydrogens is 340 g/mol. The van der Waals surface area contributed by atoms with Gasteiger partial charge < -0.3 is 14.6 Å². The van der Waals surface area contributed by atoms with Gasteiger partial charge in [0.25, 0.3) is 5.91 Å². The molecule has 1 N–H and O–H groups in total. The number of methoxy groups -OCH3 is 1. The van der Waals surface area contributed by atoms with Gasteiger partial charge in [-0.1, -0.05) is 18.2 Å². The first kappa shape index (κ1) is 16.9. The van der Waals surface area contributed by atoms with Crippen molar-refractivity contribution < 1.29 is 9.53 Å². The predicted molar refractivity (Wildman–Crippen MR) is 104 cm³/mol. The maximum atomic E-state index is 12.7. The van der Waals surface area contributed by atoms with Crippen molar-refractivity contribution in [3.05, 3.63) is 78.2 Å². The lowest BCUT2D eigenvalue weighted by molar-refractivity contribution is 0.0951. The molecule has 0 spiro atoms. The number of ether oxygens (including phenoxy) is 1. The van der Waals surface area contributed by atoms with Crippen molar-refractivity contribution in [1.82, 2.24) is 19.7 Å². The smallest absolute Gasteiger partial charge is 0.256 e. The fraction of sp³-hybridized carbons (Fsp3) is 0.143. The minimum absolute atomic E-state index is 0.151. The molecular formula is C21H20N4O2. The number of fused-ring (bicyclic) bond motifs is 1. The summed E-state index contributed by atoms with van der Waals surface area (Å²) in [6.45, 7) is 0.445. The summed E-state index contributed by atoms with van der Waals surface area (Å²) in [4.78, 5) is 12.7. The van der Waals surface area contributed by atoms with Gasteiger partial charge in [0, 0.05) is 26.0 Å². The van der Waals surface area contributed by atoms with Crippen LogP contribution in [0.3, 0.4) is 0 Å². The van der Waals surface area contributed by atoms with Crippen LogP contribution in [0, 0.1) is 0 Å². The fourth-order valence-electron chi connectivity index (χ4n) is 3.16. The van der Waals surface area contributed by atoms with E-state index in [0.29, 0.717) is 12.1 Å². The first-order valence-corrected chi connectivity index (χ1v) is 8.66. The summed E-state index contributed by atoms with van der Waals surface area (Å²) in [6.07, 6.45) is 5.38. The highest BCUT2D eigenvalue weighted by Gasteiger charge is 2.17. The molecule has 0 saturated heterocycles. The lowest BCUT2D eigenvalue weighted by Gasteiger charge is -2.09. The molecule has 6 nitrogen and oxygen atoms in total. The number of aryl methyl sites for hydroxylation is 1. The Labute approximate surface area is 157 Å². The van der Waals surface area contributed by atoms with Gasteiger partial charge in [-0.15, -0.1) is 0 Å². The molecule has 27 heavy (non-hydrogen) atoms. The number of hydrogen-bond acceptors (Lipinski definition) is 3. The van der Waals surface area contributed by atoms with E-state index in [1.54, 1.807) is 18.0 Å². The number of rotatable bonds is 5. The number of nitrogens with one attached hydrogen (secondary N) is 1. The van der Waals surface area contributed by atoms with Crippen molar-refractivity contribution in [3.63, 3.8) is 0 Å². The minimum Gasteiger partial charge on any atom is -0.497 e. The van der Waals surface area contributed by atoms with Crippen LogP contribution in [-0.4, -0.2) is 27.4 Å². The van der Waals surface area contributed by atoms with Gasteiger partial charge in [0.05, 0.1) is 13.3 Å². The SMILES string of the molecule is COc1ccc2cc(CNC(=O)c3cnn(C)c3-n3cccc3)ccc2c1.